The summed E-state index contributed by atoms with van der Waals surface area (Å²) in [6.07, 6.45) is 0.102. The Morgan fingerprint density at radius 2 is 1.43 bits per heavy atom. The third kappa shape index (κ3) is 8.88. The Morgan fingerprint density at radius 1 is 0.830 bits per heavy atom. The van der Waals surface area contributed by atoms with Crippen LogP contribution in [0.2, 0.25) is 0 Å². The smallest absolute Gasteiger partial charge is 0.264 e. The third-order valence-corrected chi connectivity index (χ3v) is 9.12. The highest BCUT2D eigenvalue weighted by molar-refractivity contribution is 7.92. The molecule has 0 aliphatic carbocycles. The van der Waals surface area contributed by atoms with Gasteiger partial charge in [-0.2, -0.15) is 0 Å². The van der Waals surface area contributed by atoms with E-state index in [9.17, 15) is 18.0 Å². The molecule has 0 saturated heterocycles. The van der Waals surface area contributed by atoms with E-state index in [0.717, 1.165) is 9.87 Å². The molecular weight excluding hydrogens is 621 g/mol. The molecule has 1 atom stereocenters. The van der Waals surface area contributed by atoms with Crippen LogP contribution in [0.4, 0.5) is 10.1 Å². The van der Waals surface area contributed by atoms with E-state index in [2.05, 4.69) is 5.32 Å². The summed E-state index contributed by atoms with van der Waals surface area (Å²) >= 11 is 0. The monoisotopic (exact) mass is 661 g/mol. The summed E-state index contributed by atoms with van der Waals surface area (Å²) in [5.74, 6) is -1.13. The van der Waals surface area contributed by atoms with Crippen molar-refractivity contribution >= 4 is 27.5 Å². The van der Waals surface area contributed by atoms with Crippen LogP contribution in [0.1, 0.15) is 31.9 Å². The Labute approximate surface area is 276 Å². The van der Waals surface area contributed by atoms with Crippen molar-refractivity contribution in [2.24, 2.45) is 0 Å². The van der Waals surface area contributed by atoms with Gasteiger partial charge < -0.3 is 19.7 Å². The molecule has 0 aliphatic heterocycles. The normalized spacial score (nSPS) is 12.1. The fourth-order valence-electron chi connectivity index (χ4n) is 5.05. The van der Waals surface area contributed by atoms with Gasteiger partial charge in [0.1, 0.15) is 18.4 Å². The number of carbonyl (C=O) groups excluding carboxylic acids is 2. The van der Waals surface area contributed by atoms with Crippen molar-refractivity contribution in [3.63, 3.8) is 0 Å². The minimum Gasteiger partial charge on any atom is -0.493 e. The van der Waals surface area contributed by atoms with Crippen molar-refractivity contribution in [2.75, 3.05) is 25.1 Å². The number of nitrogens with zero attached hydrogens (tertiary/aromatic N) is 2. The van der Waals surface area contributed by atoms with Gasteiger partial charge in [0.15, 0.2) is 11.5 Å². The molecule has 0 aromatic heterocycles. The highest BCUT2D eigenvalue weighted by Gasteiger charge is 2.36. The molecular formula is C36H40FN3O6S. The maximum atomic E-state index is 15.1. The Kier molecular flexibility index (Phi) is 11.3. The molecule has 9 nitrogen and oxygen atoms in total. The predicted molar refractivity (Wildman–Crippen MR) is 179 cm³/mol. The van der Waals surface area contributed by atoms with Gasteiger partial charge in [0.25, 0.3) is 10.0 Å². The van der Waals surface area contributed by atoms with Crippen molar-refractivity contribution in [3.8, 4) is 11.5 Å². The molecule has 0 radical (unpaired) electrons. The number of sulfonamides is 1. The summed E-state index contributed by atoms with van der Waals surface area (Å²) < 4.78 is 55.2. The number of anilines is 1. The van der Waals surface area contributed by atoms with Crippen LogP contribution in [0.5, 0.6) is 11.5 Å². The SMILES string of the molecule is COc1ccc(N(CC(=O)N(Cc2ccccc2F)[C@@H](Cc2ccccc2)C(=O)NC(C)(C)C)S(=O)(=O)c2ccccc2)cc1OC. The molecule has 0 saturated carbocycles. The first-order valence-electron chi connectivity index (χ1n) is 15.0. The van der Waals surface area contributed by atoms with E-state index in [0.29, 0.717) is 5.75 Å². The number of rotatable bonds is 13. The Bertz CT molecular complexity index is 1780. The lowest BCUT2D eigenvalue weighted by atomic mass is 10.0. The van der Waals surface area contributed by atoms with Gasteiger partial charge in [-0.1, -0.05) is 66.7 Å². The largest absolute Gasteiger partial charge is 0.493 e. The summed E-state index contributed by atoms with van der Waals surface area (Å²) in [5, 5.41) is 2.96. The Balaban J connectivity index is 1.86. The summed E-state index contributed by atoms with van der Waals surface area (Å²) in [6, 6.07) is 26.2. The van der Waals surface area contributed by atoms with E-state index in [1.54, 1.807) is 24.3 Å². The lowest BCUT2D eigenvalue weighted by Crippen LogP contribution is -2.56. The van der Waals surface area contributed by atoms with Crippen LogP contribution in [0.3, 0.4) is 0 Å². The predicted octanol–water partition coefficient (Wildman–Crippen LogP) is 5.59. The molecule has 4 aromatic carbocycles. The maximum absolute atomic E-state index is 15.1. The Morgan fingerprint density at radius 3 is 2.02 bits per heavy atom. The minimum atomic E-state index is -4.33. The van der Waals surface area contributed by atoms with Crippen LogP contribution in [-0.4, -0.2) is 57.5 Å². The molecule has 47 heavy (non-hydrogen) atoms. The molecule has 2 amide bonds. The fraction of sp³-hybridized carbons (Fsp3) is 0.278. The molecule has 4 aromatic rings. The van der Waals surface area contributed by atoms with Crippen molar-refractivity contribution in [2.45, 2.75) is 50.2 Å². The number of hydrogen-bond acceptors (Lipinski definition) is 6. The molecule has 11 heteroatoms. The van der Waals surface area contributed by atoms with Crippen LogP contribution in [0.15, 0.2) is 108 Å². The molecule has 248 valence electrons. The van der Waals surface area contributed by atoms with Crippen molar-refractivity contribution in [1.82, 2.24) is 10.2 Å². The number of amides is 2. The van der Waals surface area contributed by atoms with E-state index < -0.39 is 45.8 Å². The first-order valence-corrected chi connectivity index (χ1v) is 16.5. The minimum absolute atomic E-state index is 0.0467. The highest BCUT2D eigenvalue weighted by atomic mass is 32.2. The Hall–Kier alpha value is -4.90. The summed E-state index contributed by atoms with van der Waals surface area (Å²) in [6.45, 7) is 4.47. The van der Waals surface area contributed by atoms with E-state index in [-0.39, 0.29) is 34.9 Å². The average molecular weight is 662 g/mol. The highest BCUT2D eigenvalue weighted by Crippen LogP contribution is 2.34. The van der Waals surface area contributed by atoms with E-state index in [1.165, 1.54) is 67.7 Å². The first kappa shape index (κ1) is 35.0. The summed E-state index contributed by atoms with van der Waals surface area (Å²) in [5.41, 5.74) is 0.415. The summed E-state index contributed by atoms with van der Waals surface area (Å²) in [7, 11) is -1.46. The number of nitrogens with one attached hydrogen (secondary N) is 1. The quantitative estimate of drug-likeness (QED) is 0.200. The van der Waals surface area contributed by atoms with Gasteiger partial charge in [0.2, 0.25) is 11.8 Å². The van der Waals surface area contributed by atoms with Crippen LogP contribution < -0.4 is 19.1 Å². The van der Waals surface area contributed by atoms with Gasteiger partial charge >= 0.3 is 0 Å². The number of benzene rings is 4. The lowest BCUT2D eigenvalue weighted by molar-refractivity contribution is -0.140. The molecule has 0 bridgehead atoms. The van der Waals surface area contributed by atoms with Crippen LogP contribution in [0.25, 0.3) is 0 Å². The fourth-order valence-corrected chi connectivity index (χ4v) is 6.47. The molecule has 1 N–H and O–H groups in total. The van der Waals surface area contributed by atoms with Crippen LogP contribution in [-0.2, 0) is 32.6 Å². The second-order valence-electron chi connectivity index (χ2n) is 11.9. The molecule has 0 fully saturated rings. The number of methoxy groups -OCH3 is 2. The number of hydrogen-bond donors (Lipinski definition) is 1. The van der Waals surface area contributed by atoms with Gasteiger partial charge in [-0.3, -0.25) is 13.9 Å². The molecule has 0 aliphatic rings. The first-order chi connectivity index (χ1) is 22.3. The van der Waals surface area contributed by atoms with Gasteiger partial charge in [0.05, 0.1) is 24.8 Å². The number of halogens is 1. The molecule has 0 heterocycles. The second kappa shape index (κ2) is 15.1. The van der Waals surface area contributed by atoms with E-state index in [1.807, 2.05) is 51.1 Å². The molecule has 4 rings (SSSR count). The van der Waals surface area contributed by atoms with Gasteiger partial charge in [-0.15, -0.1) is 0 Å². The summed E-state index contributed by atoms with van der Waals surface area (Å²) in [4.78, 5) is 29.7. The zero-order valence-corrected chi connectivity index (χ0v) is 28.0. The molecule has 0 unspecified atom stereocenters. The number of ether oxygens (including phenoxy) is 2. The third-order valence-electron chi connectivity index (χ3n) is 7.33. The van der Waals surface area contributed by atoms with Gasteiger partial charge in [-0.25, -0.2) is 12.8 Å². The van der Waals surface area contributed by atoms with Crippen molar-refractivity contribution < 1.29 is 31.9 Å². The van der Waals surface area contributed by atoms with Crippen molar-refractivity contribution in [1.29, 1.82) is 0 Å². The van der Waals surface area contributed by atoms with E-state index >= 15 is 4.39 Å². The zero-order valence-electron chi connectivity index (χ0n) is 27.1. The maximum Gasteiger partial charge on any atom is 0.264 e. The van der Waals surface area contributed by atoms with Crippen molar-refractivity contribution in [3.05, 3.63) is 120 Å². The molecule has 0 spiro atoms. The van der Waals surface area contributed by atoms with Gasteiger partial charge in [-0.05, 0) is 56.7 Å². The second-order valence-corrected chi connectivity index (χ2v) is 13.8. The standard InChI is InChI=1S/C36H40FN3O6S/c1-36(2,3)38-35(42)31(22-26-14-8-6-9-15-26)39(24-27-16-12-13-19-30(27)37)34(41)25-40(47(43,44)29-17-10-7-11-18-29)28-20-21-32(45-4)33(23-28)46-5/h6-21,23,31H,22,24-25H2,1-5H3,(H,38,42)/t31-/m0/s1. The lowest BCUT2D eigenvalue weighted by Gasteiger charge is -2.35. The van der Waals surface area contributed by atoms with Crippen LogP contribution >= 0.6 is 0 Å². The van der Waals surface area contributed by atoms with Gasteiger partial charge in [0, 0.05) is 30.1 Å². The topological polar surface area (TPSA) is 105 Å². The average Bonchev–Trinajstić information content (AvgIpc) is 3.05. The van der Waals surface area contributed by atoms with Crippen LogP contribution in [0, 0.1) is 5.82 Å². The van der Waals surface area contributed by atoms with E-state index in [4.69, 9.17) is 9.47 Å². The zero-order chi connectivity index (χ0) is 34.2. The number of carbonyl (C=O) groups is 2.